The van der Waals surface area contributed by atoms with Gasteiger partial charge in [-0.05, 0) is 49.4 Å². The molecule has 0 spiro atoms. The quantitative estimate of drug-likeness (QED) is 0.235. The second-order valence-electron chi connectivity index (χ2n) is 8.58. The number of aromatic nitrogens is 6. The van der Waals surface area contributed by atoms with Gasteiger partial charge in [-0.1, -0.05) is 23.2 Å². The van der Waals surface area contributed by atoms with Gasteiger partial charge in [0.25, 0.3) is 0 Å². The Morgan fingerprint density at radius 2 is 1.80 bits per heavy atom. The van der Waals surface area contributed by atoms with Gasteiger partial charge in [-0.2, -0.15) is 13.2 Å². The Labute approximate surface area is 233 Å². The van der Waals surface area contributed by atoms with Crippen LogP contribution >= 0.6 is 23.2 Å². The van der Waals surface area contributed by atoms with E-state index in [0.717, 1.165) is 16.8 Å². The molecule has 0 radical (unpaired) electrons. The van der Waals surface area contributed by atoms with Gasteiger partial charge in [-0.3, -0.25) is 9.36 Å². The molecular formula is C24H20Cl2F4N6O4. The molecule has 0 aliphatic rings. The third-order valence-corrected chi connectivity index (χ3v) is 6.12. The summed E-state index contributed by atoms with van der Waals surface area (Å²) in [6.45, 7) is 1.13. The number of carbonyl (C=O) groups excluding carboxylic acids is 1. The molecule has 10 nitrogen and oxygen atoms in total. The van der Waals surface area contributed by atoms with E-state index in [1.165, 1.54) is 48.9 Å². The molecule has 16 heteroatoms. The largest absolute Gasteiger partial charge is 0.455 e. The van der Waals surface area contributed by atoms with Crippen LogP contribution in [0.3, 0.4) is 0 Å². The Kier molecular flexibility index (Phi) is 8.33. The topological polar surface area (TPSA) is 117 Å². The van der Waals surface area contributed by atoms with Crippen LogP contribution in [0.1, 0.15) is 31.6 Å². The van der Waals surface area contributed by atoms with Crippen molar-refractivity contribution < 1.29 is 32.2 Å². The lowest BCUT2D eigenvalue weighted by molar-refractivity contribution is -0.207. The lowest BCUT2D eigenvalue weighted by Gasteiger charge is -2.15. The highest BCUT2D eigenvalue weighted by Gasteiger charge is 2.39. The van der Waals surface area contributed by atoms with E-state index < -0.39 is 49.0 Å². The summed E-state index contributed by atoms with van der Waals surface area (Å²) in [5, 5.41) is 18.5. The summed E-state index contributed by atoms with van der Waals surface area (Å²) in [5.74, 6) is -1.40. The van der Waals surface area contributed by atoms with Crippen molar-refractivity contribution in [1.29, 1.82) is 0 Å². The molecule has 0 aliphatic heterocycles. The molecule has 4 rings (SSSR count). The molecule has 2 aromatic carbocycles. The van der Waals surface area contributed by atoms with Gasteiger partial charge in [-0.25, -0.2) is 23.5 Å². The molecule has 4 aromatic rings. The van der Waals surface area contributed by atoms with Crippen LogP contribution in [0.5, 0.6) is 0 Å². The minimum Gasteiger partial charge on any atom is -0.455 e. The first-order valence-electron chi connectivity index (χ1n) is 11.5. The zero-order chi connectivity index (χ0) is 29.4. The maximum absolute atomic E-state index is 13.7. The fraction of sp³-hybridized carbons (Fsp3) is 0.292. The molecule has 212 valence electrons. The minimum atomic E-state index is -4.99. The van der Waals surface area contributed by atoms with Crippen LogP contribution in [-0.2, 0) is 22.6 Å². The van der Waals surface area contributed by atoms with Gasteiger partial charge in [0, 0.05) is 17.5 Å². The summed E-state index contributed by atoms with van der Waals surface area (Å²) in [5.41, 5.74) is -0.543. The Bertz CT molecular complexity index is 1600. The molecule has 2 unspecified atom stereocenters. The first-order chi connectivity index (χ1) is 18.7. The molecule has 2 aromatic heterocycles. The zero-order valence-corrected chi connectivity index (χ0v) is 22.2. The second-order valence-corrected chi connectivity index (χ2v) is 9.43. The third-order valence-electron chi connectivity index (χ3n) is 5.57. The third kappa shape index (κ3) is 6.35. The van der Waals surface area contributed by atoms with Gasteiger partial charge in [-0.15, -0.1) is 10.2 Å². The van der Waals surface area contributed by atoms with E-state index in [4.69, 9.17) is 27.9 Å². The SMILES string of the molecule is CC(=O)OC(C)c1nc(Cn2nc(-c3ccc(Cl)cc3)n(CC(O)C(F)(F)F)c2=O)nn1-c1ccc(F)cc1Cl. The predicted molar refractivity (Wildman–Crippen MR) is 135 cm³/mol. The minimum absolute atomic E-state index is 0.0414. The van der Waals surface area contributed by atoms with Crippen molar-refractivity contribution in [2.75, 3.05) is 0 Å². The maximum atomic E-state index is 13.7. The molecule has 1 N–H and O–H groups in total. The van der Waals surface area contributed by atoms with Crippen molar-refractivity contribution in [3.63, 3.8) is 0 Å². The number of aliphatic hydroxyl groups is 1. The van der Waals surface area contributed by atoms with E-state index in [2.05, 4.69) is 15.2 Å². The molecule has 0 amide bonds. The van der Waals surface area contributed by atoms with E-state index in [1.807, 2.05) is 0 Å². The zero-order valence-electron chi connectivity index (χ0n) is 20.7. The molecule has 40 heavy (non-hydrogen) atoms. The normalized spacial score (nSPS) is 13.3. The van der Waals surface area contributed by atoms with Crippen LogP contribution in [0.25, 0.3) is 17.1 Å². The summed E-state index contributed by atoms with van der Waals surface area (Å²) in [6, 6.07) is 9.31. The molecule has 0 saturated heterocycles. The van der Waals surface area contributed by atoms with Crippen molar-refractivity contribution in [3.8, 4) is 17.1 Å². The van der Waals surface area contributed by atoms with Crippen LogP contribution in [-0.4, -0.2) is 52.5 Å². The number of ether oxygens (including phenoxy) is 1. The average Bonchev–Trinajstić information content (AvgIpc) is 3.40. The highest BCUT2D eigenvalue weighted by atomic mass is 35.5. The molecule has 0 saturated carbocycles. The number of alkyl halides is 3. The highest BCUT2D eigenvalue weighted by molar-refractivity contribution is 6.32. The predicted octanol–water partition coefficient (Wildman–Crippen LogP) is 4.33. The van der Waals surface area contributed by atoms with Crippen LogP contribution in [0.2, 0.25) is 10.0 Å². The molecule has 0 fully saturated rings. The summed E-state index contributed by atoms with van der Waals surface area (Å²) < 4.78 is 61.0. The van der Waals surface area contributed by atoms with Gasteiger partial charge in [0.15, 0.2) is 29.7 Å². The van der Waals surface area contributed by atoms with Gasteiger partial charge in [0.05, 0.1) is 17.3 Å². The van der Waals surface area contributed by atoms with Crippen molar-refractivity contribution in [1.82, 2.24) is 29.1 Å². The van der Waals surface area contributed by atoms with Crippen LogP contribution in [0.4, 0.5) is 17.6 Å². The van der Waals surface area contributed by atoms with Crippen LogP contribution in [0.15, 0.2) is 47.3 Å². The van der Waals surface area contributed by atoms with Crippen LogP contribution < -0.4 is 5.69 Å². The number of carbonyl (C=O) groups is 1. The van der Waals surface area contributed by atoms with E-state index in [-0.39, 0.29) is 33.7 Å². The van der Waals surface area contributed by atoms with Crippen molar-refractivity contribution in [3.05, 3.63) is 80.5 Å². The molecule has 0 bridgehead atoms. The maximum Gasteiger partial charge on any atom is 0.416 e. The van der Waals surface area contributed by atoms with Crippen molar-refractivity contribution in [2.45, 2.75) is 45.3 Å². The molecule has 2 atom stereocenters. The Morgan fingerprint density at radius 3 is 2.40 bits per heavy atom. The summed E-state index contributed by atoms with van der Waals surface area (Å²) in [7, 11) is 0. The lowest BCUT2D eigenvalue weighted by Crippen LogP contribution is -2.37. The first-order valence-corrected chi connectivity index (χ1v) is 12.3. The molecular weight excluding hydrogens is 583 g/mol. The Balaban J connectivity index is 1.80. The first kappa shape index (κ1) is 29.2. The number of hydrogen-bond donors (Lipinski definition) is 1. The van der Waals surface area contributed by atoms with Gasteiger partial charge in [0.2, 0.25) is 0 Å². The number of esters is 1. The summed E-state index contributed by atoms with van der Waals surface area (Å²) >= 11 is 12.1. The fourth-order valence-electron chi connectivity index (χ4n) is 3.76. The monoisotopic (exact) mass is 602 g/mol. The second kappa shape index (κ2) is 11.4. The standard InChI is InChI=1S/C24H20Cl2F4N6O4/c1-12(40-13(2)37)21-31-20(32-36(21)18-8-7-16(27)9-17(18)26)11-35-23(39)34(10-19(38)24(28,29)30)22(33-35)14-3-5-15(25)6-4-14/h3-9,12,19,38H,10-11H2,1-2H3. The van der Waals surface area contributed by atoms with Gasteiger partial charge in [0.1, 0.15) is 12.4 Å². The Morgan fingerprint density at radius 1 is 1.12 bits per heavy atom. The number of benzene rings is 2. The van der Waals surface area contributed by atoms with Crippen LogP contribution in [0, 0.1) is 5.82 Å². The average molecular weight is 603 g/mol. The van der Waals surface area contributed by atoms with Crippen molar-refractivity contribution in [2.24, 2.45) is 0 Å². The van der Waals surface area contributed by atoms with Gasteiger partial charge < -0.3 is 9.84 Å². The number of nitrogens with zero attached hydrogens (tertiary/aromatic N) is 6. The van der Waals surface area contributed by atoms with Gasteiger partial charge >= 0.3 is 17.8 Å². The number of rotatable bonds is 8. The molecule has 0 aliphatic carbocycles. The highest BCUT2D eigenvalue weighted by Crippen LogP contribution is 2.27. The molecule has 2 heterocycles. The lowest BCUT2D eigenvalue weighted by atomic mass is 10.2. The Hall–Kier alpha value is -3.75. The smallest absolute Gasteiger partial charge is 0.416 e. The number of aliphatic hydroxyl groups excluding tert-OH is 1. The number of halogens is 6. The summed E-state index contributed by atoms with van der Waals surface area (Å²) in [4.78, 5) is 29.1. The number of hydrogen-bond acceptors (Lipinski definition) is 7. The van der Waals surface area contributed by atoms with E-state index >= 15 is 0 Å². The van der Waals surface area contributed by atoms with E-state index in [9.17, 15) is 32.3 Å². The van der Waals surface area contributed by atoms with Crippen molar-refractivity contribution >= 4 is 29.2 Å². The fourth-order valence-corrected chi connectivity index (χ4v) is 4.14. The van der Waals surface area contributed by atoms with E-state index in [0.29, 0.717) is 9.59 Å². The summed E-state index contributed by atoms with van der Waals surface area (Å²) in [6.07, 6.45) is -8.79. The van der Waals surface area contributed by atoms with E-state index in [1.54, 1.807) is 0 Å².